The molecule has 4 rings (SSSR count). The van der Waals surface area contributed by atoms with E-state index >= 15 is 0 Å². The van der Waals surface area contributed by atoms with Crippen LogP contribution in [0.3, 0.4) is 0 Å². The van der Waals surface area contributed by atoms with Crippen molar-refractivity contribution in [3.05, 3.63) is 65.4 Å². The number of amides is 1. The minimum atomic E-state index is -0.194. The average Bonchev–Trinajstić information content (AvgIpc) is 3.17. The van der Waals surface area contributed by atoms with Crippen LogP contribution >= 0.6 is 11.6 Å². The second-order valence-electron chi connectivity index (χ2n) is 6.46. The van der Waals surface area contributed by atoms with Crippen LogP contribution < -0.4 is 21.7 Å². The van der Waals surface area contributed by atoms with Crippen molar-refractivity contribution in [2.75, 3.05) is 17.2 Å². The van der Waals surface area contributed by atoms with Crippen LogP contribution in [0, 0.1) is 0 Å². The Balaban J connectivity index is 1.55. The number of hydrogen-bond donors (Lipinski definition) is 5. The molecule has 4 aromatic rings. The standard InChI is InChI=1S/C20H19ClN8O/c21-13-2-1-3-15(8-13)27-18-17-19(25-11-24-18)28-29-20(17)26-14-6-4-12(5-7-14)10-23-16(30)9-22/h1-8,11H,9-10,22H2,(H,23,30)(H3,24,25,26,27,28,29). The van der Waals surface area contributed by atoms with E-state index in [0.29, 0.717) is 28.9 Å². The van der Waals surface area contributed by atoms with Gasteiger partial charge in [0, 0.05) is 22.9 Å². The SMILES string of the molecule is NCC(=O)NCc1ccc(Nc2[nH]nc3ncnc(Nc4cccc(Cl)c4)c23)cc1. The number of halogens is 1. The van der Waals surface area contributed by atoms with Gasteiger partial charge in [0.05, 0.1) is 6.54 Å². The van der Waals surface area contributed by atoms with E-state index < -0.39 is 0 Å². The Morgan fingerprint density at radius 2 is 1.90 bits per heavy atom. The fourth-order valence-electron chi connectivity index (χ4n) is 2.87. The van der Waals surface area contributed by atoms with Crippen LogP contribution in [-0.4, -0.2) is 32.6 Å². The van der Waals surface area contributed by atoms with Gasteiger partial charge in [0.1, 0.15) is 23.3 Å². The Morgan fingerprint density at radius 3 is 2.67 bits per heavy atom. The van der Waals surface area contributed by atoms with E-state index in [-0.39, 0.29) is 12.5 Å². The summed E-state index contributed by atoms with van der Waals surface area (Å²) in [7, 11) is 0. The fourth-order valence-corrected chi connectivity index (χ4v) is 3.06. The molecule has 0 aliphatic heterocycles. The van der Waals surface area contributed by atoms with Gasteiger partial charge in [-0.25, -0.2) is 9.97 Å². The quantitative estimate of drug-likeness (QED) is 0.309. The summed E-state index contributed by atoms with van der Waals surface area (Å²) in [6.45, 7) is 0.394. The molecule has 2 aromatic carbocycles. The third-order valence-electron chi connectivity index (χ3n) is 4.34. The van der Waals surface area contributed by atoms with Crippen molar-refractivity contribution >= 4 is 51.6 Å². The molecule has 0 aliphatic rings. The van der Waals surface area contributed by atoms with Crippen molar-refractivity contribution in [1.82, 2.24) is 25.5 Å². The van der Waals surface area contributed by atoms with Gasteiger partial charge in [-0.1, -0.05) is 29.8 Å². The number of nitrogens with zero attached hydrogens (tertiary/aromatic N) is 3. The highest BCUT2D eigenvalue weighted by Crippen LogP contribution is 2.30. The molecule has 0 saturated heterocycles. The fraction of sp³-hybridized carbons (Fsp3) is 0.100. The van der Waals surface area contributed by atoms with Crippen LogP contribution in [-0.2, 0) is 11.3 Å². The molecule has 0 atom stereocenters. The summed E-state index contributed by atoms with van der Waals surface area (Å²) >= 11 is 6.07. The Morgan fingerprint density at radius 1 is 1.07 bits per heavy atom. The Bertz CT molecular complexity index is 1180. The minimum absolute atomic E-state index is 0.0276. The highest BCUT2D eigenvalue weighted by molar-refractivity contribution is 6.30. The van der Waals surface area contributed by atoms with E-state index in [1.807, 2.05) is 42.5 Å². The lowest BCUT2D eigenvalue weighted by molar-refractivity contribution is -0.119. The molecule has 0 fully saturated rings. The topological polar surface area (TPSA) is 134 Å². The Kier molecular flexibility index (Phi) is 5.73. The molecule has 30 heavy (non-hydrogen) atoms. The number of benzene rings is 2. The smallest absolute Gasteiger partial charge is 0.234 e. The molecule has 0 unspecified atom stereocenters. The largest absolute Gasteiger partial charge is 0.351 e. The van der Waals surface area contributed by atoms with Gasteiger partial charge in [-0.2, -0.15) is 5.10 Å². The highest BCUT2D eigenvalue weighted by Gasteiger charge is 2.13. The highest BCUT2D eigenvalue weighted by atomic mass is 35.5. The molecular formula is C20H19ClN8O. The van der Waals surface area contributed by atoms with Crippen LogP contribution in [0.1, 0.15) is 5.56 Å². The number of aromatic nitrogens is 4. The summed E-state index contributed by atoms with van der Waals surface area (Å²) in [5, 5.41) is 17.8. The van der Waals surface area contributed by atoms with Gasteiger partial charge in [-0.3, -0.25) is 9.89 Å². The molecule has 0 aliphatic carbocycles. The van der Waals surface area contributed by atoms with Gasteiger partial charge in [0.25, 0.3) is 0 Å². The molecule has 2 heterocycles. The molecule has 2 aromatic heterocycles. The second kappa shape index (κ2) is 8.76. The zero-order chi connectivity index (χ0) is 20.9. The van der Waals surface area contributed by atoms with Gasteiger partial charge in [0.2, 0.25) is 5.91 Å². The number of carbonyl (C=O) groups excluding carboxylic acids is 1. The van der Waals surface area contributed by atoms with Gasteiger partial charge in [-0.05, 0) is 35.9 Å². The summed E-state index contributed by atoms with van der Waals surface area (Å²) < 4.78 is 0. The number of hydrogen-bond acceptors (Lipinski definition) is 7. The molecule has 10 heteroatoms. The lowest BCUT2D eigenvalue weighted by Gasteiger charge is -2.10. The minimum Gasteiger partial charge on any atom is -0.351 e. The number of anilines is 4. The third kappa shape index (κ3) is 4.48. The van der Waals surface area contributed by atoms with Crippen molar-refractivity contribution in [1.29, 1.82) is 0 Å². The van der Waals surface area contributed by atoms with Gasteiger partial charge in [0.15, 0.2) is 5.65 Å². The number of aromatic amines is 1. The number of nitrogens with one attached hydrogen (secondary N) is 4. The van der Waals surface area contributed by atoms with Crippen molar-refractivity contribution in [2.24, 2.45) is 5.73 Å². The Hall–Kier alpha value is -3.69. The predicted molar refractivity (Wildman–Crippen MR) is 117 cm³/mol. The first-order chi connectivity index (χ1) is 14.6. The summed E-state index contributed by atoms with van der Waals surface area (Å²) in [6.07, 6.45) is 1.45. The zero-order valence-corrected chi connectivity index (χ0v) is 16.6. The summed E-state index contributed by atoms with van der Waals surface area (Å²) in [5.74, 6) is 1.06. The summed E-state index contributed by atoms with van der Waals surface area (Å²) in [6, 6.07) is 15.0. The third-order valence-corrected chi connectivity index (χ3v) is 4.57. The van der Waals surface area contributed by atoms with Crippen LogP contribution in [0.2, 0.25) is 5.02 Å². The monoisotopic (exact) mass is 422 g/mol. The molecule has 0 radical (unpaired) electrons. The first-order valence-corrected chi connectivity index (χ1v) is 9.54. The zero-order valence-electron chi connectivity index (χ0n) is 15.8. The van der Waals surface area contributed by atoms with Crippen molar-refractivity contribution in [3.63, 3.8) is 0 Å². The summed E-state index contributed by atoms with van der Waals surface area (Å²) in [4.78, 5) is 19.9. The van der Waals surface area contributed by atoms with Crippen LogP contribution in [0.15, 0.2) is 54.9 Å². The van der Waals surface area contributed by atoms with Crippen molar-refractivity contribution in [3.8, 4) is 0 Å². The molecule has 152 valence electrons. The number of carbonyl (C=O) groups is 1. The maximum absolute atomic E-state index is 11.3. The van der Waals surface area contributed by atoms with Crippen LogP contribution in [0.4, 0.5) is 23.0 Å². The number of rotatable bonds is 7. The van der Waals surface area contributed by atoms with Crippen LogP contribution in [0.25, 0.3) is 11.0 Å². The molecule has 6 N–H and O–H groups in total. The lowest BCUT2D eigenvalue weighted by atomic mass is 10.2. The van der Waals surface area contributed by atoms with E-state index in [1.165, 1.54) is 6.33 Å². The number of H-pyrrole nitrogens is 1. The molecular weight excluding hydrogens is 404 g/mol. The molecule has 0 bridgehead atoms. The van der Waals surface area contributed by atoms with Gasteiger partial charge < -0.3 is 21.7 Å². The van der Waals surface area contributed by atoms with E-state index in [4.69, 9.17) is 17.3 Å². The van der Waals surface area contributed by atoms with E-state index in [9.17, 15) is 4.79 Å². The van der Waals surface area contributed by atoms with Crippen molar-refractivity contribution in [2.45, 2.75) is 6.54 Å². The molecule has 0 spiro atoms. The predicted octanol–water partition coefficient (Wildman–Crippen LogP) is 3.07. The van der Waals surface area contributed by atoms with Gasteiger partial charge >= 0.3 is 0 Å². The normalized spacial score (nSPS) is 10.7. The molecule has 1 amide bonds. The number of nitrogens with two attached hydrogens (primary N) is 1. The number of fused-ring (bicyclic) bond motifs is 1. The Labute approximate surface area is 177 Å². The summed E-state index contributed by atoms with van der Waals surface area (Å²) in [5.41, 5.74) is 8.43. The first kappa shape index (κ1) is 19.6. The average molecular weight is 423 g/mol. The van der Waals surface area contributed by atoms with Gasteiger partial charge in [-0.15, -0.1) is 0 Å². The van der Waals surface area contributed by atoms with E-state index in [2.05, 4.69) is 36.1 Å². The van der Waals surface area contributed by atoms with Crippen LogP contribution in [0.5, 0.6) is 0 Å². The lowest BCUT2D eigenvalue weighted by Crippen LogP contribution is -2.29. The van der Waals surface area contributed by atoms with E-state index in [0.717, 1.165) is 22.3 Å². The molecule has 0 saturated carbocycles. The first-order valence-electron chi connectivity index (χ1n) is 9.17. The van der Waals surface area contributed by atoms with Crippen molar-refractivity contribution < 1.29 is 4.79 Å². The second-order valence-corrected chi connectivity index (χ2v) is 6.89. The molecule has 9 nitrogen and oxygen atoms in total. The maximum Gasteiger partial charge on any atom is 0.234 e. The maximum atomic E-state index is 11.3. The van der Waals surface area contributed by atoms with E-state index in [1.54, 1.807) is 6.07 Å².